The van der Waals surface area contributed by atoms with Crippen LogP contribution in [-0.2, 0) is 24.3 Å². The summed E-state index contributed by atoms with van der Waals surface area (Å²) in [5, 5.41) is -9.07. The number of ether oxygens (including phenoxy) is 2. The Hall–Kier alpha value is -3.02. The smallest absolute Gasteiger partial charge is 0.267 e. The van der Waals surface area contributed by atoms with E-state index in [1.807, 2.05) is 0 Å². The predicted molar refractivity (Wildman–Crippen MR) is 99.8 cm³/mol. The SMILES string of the molecule is C=C(F)C(F)(F)OC(F)(C(F)(F)F)C(F)(F)OC(F)(C(=O)NS(=O)(=O)C(F)(F)C(F)(F)C(F)(F)C(F)(F)C(F)(F)C(F)(F)C(F)(F)C(F)(F)F)C(F)(F)F. The molecule has 6 nitrogen and oxygen atoms in total. The fourth-order valence-electron chi connectivity index (χ4n) is 2.56. The molecule has 0 aromatic carbocycles. The lowest BCUT2D eigenvalue weighted by Crippen LogP contribution is -2.75. The molecule has 1 amide bonds. The van der Waals surface area contributed by atoms with Gasteiger partial charge in [0.05, 0.1) is 0 Å². The molecule has 2 unspecified atom stereocenters. The summed E-state index contributed by atoms with van der Waals surface area (Å²) in [7, 11) is -9.45. The highest BCUT2D eigenvalue weighted by Crippen LogP contribution is 2.64. The van der Waals surface area contributed by atoms with Gasteiger partial charge in [-0.25, -0.2) is 9.11 Å². The molecule has 0 aliphatic carbocycles. The predicted octanol–water partition coefficient (Wildman–Crippen LogP) is 8.56. The summed E-state index contributed by atoms with van der Waals surface area (Å²) in [4.78, 5) is 11.5. The minimum absolute atomic E-state index is 1.32. The van der Waals surface area contributed by atoms with Crippen LogP contribution in [0.25, 0.3) is 0 Å². The Morgan fingerprint density at radius 3 is 1.06 bits per heavy atom. The van der Waals surface area contributed by atoms with Crippen LogP contribution in [0.5, 0.6) is 0 Å². The summed E-state index contributed by atoms with van der Waals surface area (Å²) in [6.45, 7) is 1.34. The number of hydrogen-bond donors (Lipinski definition) is 1. The third-order valence-corrected chi connectivity index (χ3v) is 6.89. The van der Waals surface area contributed by atoms with Crippen LogP contribution in [0, 0.1) is 0 Å². The molecule has 0 spiro atoms. The maximum absolute atomic E-state index is 14.4. The molecule has 0 rings (SSSR count). The molecule has 0 aromatic heterocycles. The normalized spacial score (nSPS) is 18.2. The van der Waals surface area contributed by atoms with Gasteiger partial charge in [0.2, 0.25) is 0 Å². The Labute approximate surface area is 272 Å². The van der Waals surface area contributed by atoms with Crippen LogP contribution in [0.15, 0.2) is 12.4 Å². The molecular formula is C17H3F30NO5S. The number of amides is 1. The quantitative estimate of drug-likeness (QED) is 0.167. The van der Waals surface area contributed by atoms with E-state index in [-0.39, 0.29) is 0 Å². The first-order chi connectivity index (χ1) is 22.7. The molecule has 0 saturated heterocycles. The van der Waals surface area contributed by atoms with Crippen molar-refractivity contribution in [1.29, 1.82) is 0 Å². The monoisotopic (exact) mass is 903 g/mol. The maximum Gasteiger partial charge on any atom is 0.460 e. The van der Waals surface area contributed by atoms with Gasteiger partial charge in [0.15, 0.2) is 5.83 Å². The zero-order valence-corrected chi connectivity index (χ0v) is 23.8. The number of alkyl halides is 29. The number of nitrogens with one attached hydrogen (secondary N) is 1. The van der Waals surface area contributed by atoms with Crippen molar-refractivity contribution < 1.29 is 154 Å². The summed E-state index contributed by atoms with van der Waals surface area (Å²) in [6, 6.07) is 0. The summed E-state index contributed by atoms with van der Waals surface area (Å²) in [5.74, 6) is -81.9. The van der Waals surface area contributed by atoms with Crippen LogP contribution in [0.4, 0.5) is 132 Å². The van der Waals surface area contributed by atoms with Gasteiger partial charge in [0.1, 0.15) is 0 Å². The average Bonchev–Trinajstić information content (AvgIpc) is 2.89. The van der Waals surface area contributed by atoms with Gasteiger partial charge in [-0.1, -0.05) is 6.58 Å². The topological polar surface area (TPSA) is 81.7 Å². The van der Waals surface area contributed by atoms with Crippen molar-refractivity contribution in [3.8, 4) is 0 Å². The van der Waals surface area contributed by atoms with Crippen molar-refractivity contribution in [2.45, 2.75) is 83.2 Å². The number of sulfonamides is 1. The van der Waals surface area contributed by atoms with Crippen LogP contribution in [0.2, 0.25) is 0 Å². The Morgan fingerprint density at radius 1 is 0.463 bits per heavy atom. The summed E-state index contributed by atoms with van der Waals surface area (Å²) >= 11 is 0. The van der Waals surface area contributed by atoms with E-state index in [0.717, 1.165) is 0 Å². The largest absolute Gasteiger partial charge is 0.460 e. The van der Waals surface area contributed by atoms with Gasteiger partial charge in [-0.2, -0.15) is 136 Å². The third kappa shape index (κ3) is 7.22. The molecule has 2 atom stereocenters. The standard InChI is InChI=1S/C17H3F30NO5S/c1-2(18)5(20,21)53-12(34,15(41,42)43)16(44,45)52-4(19,13(35,36)37)3(49)48-54(50,51)17(46,47)11(32,33)9(28,29)7(24,25)6(22,23)8(26,27)10(30,31)14(38,39)40/h1H2,(H,48,49). The van der Waals surface area contributed by atoms with E-state index in [1.165, 1.54) is 11.3 Å². The first-order valence-electron chi connectivity index (χ1n) is 11.0. The van der Waals surface area contributed by atoms with Crippen LogP contribution in [0.3, 0.4) is 0 Å². The van der Waals surface area contributed by atoms with E-state index in [1.54, 1.807) is 4.74 Å². The number of hydrogen-bond acceptors (Lipinski definition) is 5. The van der Waals surface area contributed by atoms with Gasteiger partial charge in [-0.15, -0.1) is 0 Å². The molecule has 1 N–H and O–H groups in total. The second-order valence-corrected chi connectivity index (χ2v) is 10.9. The highest BCUT2D eigenvalue weighted by atomic mass is 32.2. The van der Waals surface area contributed by atoms with Gasteiger partial charge >= 0.3 is 99.2 Å². The van der Waals surface area contributed by atoms with E-state index in [9.17, 15) is 145 Å². The second-order valence-electron chi connectivity index (χ2n) is 9.22. The summed E-state index contributed by atoms with van der Waals surface area (Å²) in [6.07, 6.45) is -40.1. The first-order valence-corrected chi connectivity index (χ1v) is 12.5. The van der Waals surface area contributed by atoms with E-state index in [2.05, 4.69) is 0 Å². The molecule has 0 fully saturated rings. The molecule has 54 heavy (non-hydrogen) atoms. The van der Waals surface area contributed by atoms with Crippen LogP contribution >= 0.6 is 0 Å². The lowest BCUT2D eigenvalue weighted by atomic mass is 9.91. The fourth-order valence-corrected chi connectivity index (χ4v) is 3.53. The molecule has 0 aliphatic rings. The lowest BCUT2D eigenvalue weighted by molar-refractivity contribution is -0.521. The average molecular weight is 903 g/mol. The maximum atomic E-state index is 14.4. The molecule has 0 aromatic rings. The Kier molecular flexibility index (Phi) is 12.3. The third-order valence-electron chi connectivity index (χ3n) is 5.51. The first kappa shape index (κ1) is 51.0. The number of halogens is 30. The summed E-state index contributed by atoms with van der Waals surface area (Å²) in [5.41, 5.74) is 0. The zero-order valence-electron chi connectivity index (χ0n) is 23.0. The molecule has 0 aliphatic heterocycles. The minimum atomic E-state index is -9.63. The number of carbonyl (C=O) groups is 1. The van der Waals surface area contributed by atoms with E-state index >= 15 is 0 Å². The van der Waals surface area contributed by atoms with Gasteiger partial charge in [0, 0.05) is 0 Å². The lowest BCUT2D eigenvalue weighted by Gasteiger charge is -2.42. The molecule has 37 heteroatoms. The van der Waals surface area contributed by atoms with Crippen LogP contribution < -0.4 is 4.72 Å². The number of carbonyl (C=O) groups excluding carboxylic acids is 1. The zero-order chi connectivity index (χ0) is 44.8. The van der Waals surface area contributed by atoms with Gasteiger partial charge in [0.25, 0.3) is 0 Å². The van der Waals surface area contributed by atoms with Crippen LogP contribution in [0.1, 0.15) is 0 Å². The highest BCUT2D eigenvalue weighted by molar-refractivity contribution is 7.91. The molecular weight excluding hydrogens is 900 g/mol. The minimum Gasteiger partial charge on any atom is -0.267 e. The highest BCUT2D eigenvalue weighted by Gasteiger charge is 2.96. The van der Waals surface area contributed by atoms with Crippen molar-refractivity contribution in [2.24, 2.45) is 0 Å². The molecule has 322 valence electrons. The van der Waals surface area contributed by atoms with Crippen molar-refractivity contribution in [2.75, 3.05) is 0 Å². The molecule has 0 bridgehead atoms. The van der Waals surface area contributed by atoms with Crippen molar-refractivity contribution >= 4 is 15.9 Å². The molecule has 0 heterocycles. The van der Waals surface area contributed by atoms with Gasteiger partial charge < -0.3 is 0 Å². The Balaban J connectivity index is 7.46. The van der Waals surface area contributed by atoms with E-state index < -0.39 is 110 Å². The summed E-state index contributed by atoms with van der Waals surface area (Å²) < 4.78 is 423. The van der Waals surface area contributed by atoms with Crippen molar-refractivity contribution in [3.05, 3.63) is 12.4 Å². The van der Waals surface area contributed by atoms with E-state index in [4.69, 9.17) is 0 Å². The molecule has 0 saturated carbocycles. The molecule has 0 radical (unpaired) electrons. The van der Waals surface area contributed by atoms with Crippen molar-refractivity contribution in [3.63, 3.8) is 0 Å². The fraction of sp³-hybridized carbons (Fsp3) is 0.824. The van der Waals surface area contributed by atoms with Crippen molar-refractivity contribution in [1.82, 2.24) is 4.72 Å². The van der Waals surface area contributed by atoms with E-state index in [0.29, 0.717) is 0 Å². The Morgan fingerprint density at radius 2 is 0.778 bits per heavy atom. The Bertz CT molecular complexity index is 1540. The number of rotatable bonds is 15. The van der Waals surface area contributed by atoms with Crippen LogP contribution in [-0.4, -0.2) is 97.6 Å². The van der Waals surface area contributed by atoms with Gasteiger partial charge in [-0.05, 0) is 0 Å². The second kappa shape index (κ2) is 13.0. The van der Waals surface area contributed by atoms with Gasteiger partial charge in [-0.3, -0.25) is 14.3 Å².